The Morgan fingerprint density at radius 3 is 2.89 bits per heavy atom. The molecule has 0 bridgehead atoms. The molecule has 2 rings (SSSR count). The molecule has 0 aliphatic rings. The molecule has 4 nitrogen and oxygen atoms in total. The SMILES string of the molecule is CCNC(=O)Cn1c(CCl)nc2cc(Cl)c(F)cc21. The number of carbonyl (C=O) groups is 1. The first-order valence-corrected chi connectivity index (χ1v) is 6.64. The number of rotatable bonds is 4. The van der Waals surface area contributed by atoms with E-state index in [9.17, 15) is 9.18 Å². The molecule has 0 aliphatic heterocycles. The number of imidazole rings is 1. The molecule has 0 saturated carbocycles. The van der Waals surface area contributed by atoms with Gasteiger partial charge >= 0.3 is 0 Å². The van der Waals surface area contributed by atoms with Crippen LogP contribution >= 0.6 is 23.2 Å². The van der Waals surface area contributed by atoms with Crippen LogP contribution in [0.1, 0.15) is 12.7 Å². The van der Waals surface area contributed by atoms with Crippen LogP contribution in [-0.4, -0.2) is 22.0 Å². The van der Waals surface area contributed by atoms with Crippen molar-refractivity contribution in [1.82, 2.24) is 14.9 Å². The van der Waals surface area contributed by atoms with Gasteiger partial charge in [-0.1, -0.05) is 11.6 Å². The summed E-state index contributed by atoms with van der Waals surface area (Å²) in [7, 11) is 0. The first-order chi connectivity index (χ1) is 9.06. The highest BCUT2D eigenvalue weighted by Crippen LogP contribution is 2.24. The summed E-state index contributed by atoms with van der Waals surface area (Å²) in [5.41, 5.74) is 1.02. The number of hydrogen-bond acceptors (Lipinski definition) is 2. The number of aromatic nitrogens is 2. The highest BCUT2D eigenvalue weighted by Gasteiger charge is 2.15. The molecule has 1 amide bonds. The van der Waals surface area contributed by atoms with Gasteiger partial charge in [-0.05, 0) is 13.0 Å². The van der Waals surface area contributed by atoms with E-state index in [2.05, 4.69) is 10.3 Å². The third-order valence-corrected chi connectivity index (χ3v) is 3.19. The average molecular weight is 304 g/mol. The summed E-state index contributed by atoms with van der Waals surface area (Å²) in [6.45, 7) is 2.40. The monoisotopic (exact) mass is 303 g/mol. The minimum absolute atomic E-state index is 0.00344. The Balaban J connectivity index is 2.50. The van der Waals surface area contributed by atoms with Crippen LogP contribution in [0.25, 0.3) is 11.0 Å². The Labute approximate surface area is 119 Å². The number of carbonyl (C=O) groups excluding carboxylic acids is 1. The summed E-state index contributed by atoms with van der Waals surface area (Å²) in [5, 5.41) is 2.67. The van der Waals surface area contributed by atoms with Crippen LogP contribution in [0.3, 0.4) is 0 Å². The van der Waals surface area contributed by atoms with Gasteiger partial charge in [-0.25, -0.2) is 9.37 Å². The van der Waals surface area contributed by atoms with Gasteiger partial charge in [-0.15, -0.1) is 11.6 Å². The number of alkyl halides is 1. The molecular weight excluding hydrogens is 292 g/mol. The average Bonchev–Trinajstić information content (AvgIpc) is 2.68. The normalized spacial score (nSPS) is 10.9. The first-order valence-electron chi connectivity index (χ1n) is 5.73. The fraction of sp³-hybridized carbons (Fsp3) is 0.333. The molecule has 0 spiro atoms. The van der Waals surface area contributed by atoms with Crippen LogP contribution in [0.15, 0.2) is 12.1 Å². The van der Waals surface area contributed by atoms with Gasteiger partial charge in [-0.2, -0.15) is 0 Å². The second kappa shape index (κ2) is 5.75. The summed E-state index contributed by atoms with van der Waals surface area (Å²) < 4.78 is 15.1. The van der Waals surface area contributed by atoms with Crippen LogP contribution in [0.2, 0.25) is 5.02 Å². The van der Waals surface area contributed by atoms with E-state index >= 15 is 0 Å². The van der Waals surface area contributed by atoms with Gasteiger partial charge < -0.3 is 9.88 Å². The summed E-state index contributed by atoms with van der Waals surface area (Å²) in [5.74, 6) is -0.0895. The van der Waals surface area contributed by atoms with Crippen molar-refractivity contribution in [1.29, 1.82) is 0 Å². The zero-order chi connectivity index (χ0) is 14.0. The second-order valence-corrected chi connectivity index (χ2v) is 4.63. The van der Waals surface area contributed by atoms with E-state index in [0.29, 0.717) is 23.4 Å². The maximum absolute atomic E-state index is 13.5. The lowest BCUT2D eigenvalue weighted by molar-refractivity contribution is -0.121. The number of nitrogens with one attached hydrogen (secondary N) is 1. The quantitative estimate of drug-likeness (QED) is 0.883. The number of benzene rings is 1. The second-order valence-electron chi connectivity index (χ2n) is 3.96. The van der Waals surface area contributed by atoms with E-state index in [-0.39, 0.29) is 23.4 Å². The number of hydrogen-bond donors (Lipinski definition) is 1. The zero-order valence-corrected chi connectivity index (χ0v) is 11.7. The van der Waals surface area contributed by atoms with Gasteiger partial charge in [0.2, 0.25) is 5.91 Å². The van der Waals surface area contributed by atoms with Crippen molar-refractivity contribution in [3.8, 4) is 0 Å². The lowest BCUT2D eigenvalue weighted by atomic mass is 10.3. The van der Waals surface area contributed by atoms with E-state index in [4.69, 9.17) is 23.2 Å². The lowest BCUT2D eigenvalue weighted by Gasteiger charge is -2.07. The maximum atomic E-state index is 13.5. The van der Waals surface area contributed by atoms with Gasteiger partial charge in [0.25, 0.3) is 0 Å². The van der Waals surface area contributed by atoms with E-state index in [1.54, 1.807) is 4.57 Å². The molecule has 0 saturated heterocycles. The highest BCUT2D eigenvalue weighted by atomic mass is 35.5. The number of fused-ring (bicyclic) bond motifs is 1. The van der Waals surface area contributed by atoms with Crippen molar-refractivity contribution in [2.24, 2.45) is 0 Å². The molecule has 0 fully saturated rings. The van der Waals surface area contributed by atoms with E-state index in [1.165, 1.54) is 12.1 Å². The fourth-order valence-corrected chi connectivity index (χ4v) is 2.21. The molecule has 1 aromatic heterocycles. The summed E-state index contributed by atoms with van der Waals surface area (Å²) in [6, 6.07) is 2.69. The minimum atomic E-state index is -0.549. The van der Waals surface area contributed by atoms with Crippen molar-refractivity contribution in [3.63, 3.8) is 0 Å². The van der Waals surface area contributed by atoms with Crippen LogP contribution in [0.5, 0.6) is 0 Å². The Bertz CT molecular complexity index is 627. The number of nitrogens with zero attached hydrogens (tertiary/aromatic N) is 2. The predicted molar refractivity (Wildman–Crippen MR) is 72.9 cm³/mol. The summed E-state index contributed by atoms with van der Waals surface area (Å²) >= 11 is 11.5. The summed E-state index contributed by atoms with van der Waals surface area (Å²) in [4.78, 5) is 15.9. The van der Waals surface area contributed by atoms with Crippen LogP contribution < -0.4 is 5.32 Å². The Morgan fingerprint density at radius 2 is 2.26 bits per heavy atom. The molecule has 7 heteroatoms. The van der Waals surface area contributed by atoms with Crippen molar-refractivity contribution in [2.75, 3.05) is 6.54 Å². The standard InChI is InChI=1S/C12H12Cl2FN3O/c1-2-16-12(19)6-18-10-4-8(15)7(14)3-9(10)17-11(18)5-13/h3-4H,2,5-6H2,1H3,(H,16,19). The molecule has 19 heavy (non-hydrogen) atoms. The minimum Gasteiger partial charge on any atom is -0.355 e. The molecule has 0 aliphatic carbocycles. The van der Waals surface area contributed by atoms with E-state index in [1.807, 2.05) is 6.92 Å². The molecular formula is C12H12Cl2FN3O. The number of likely N-dealkylation sites (N-methyl/N-ethyl adjacent to an activating group) is 1. The third kappa shape index (κ3) is 2.82. The molecule has 0 atom stereocenters. The third-order valence-electron chi connectivity index (χ3n) is 2.66. The molecule has 2 aromatic rings. The fourth-order valence-electron chi connectivity index (χ4n) is 1.85. The maximum Gasteiger partial charge on any atom is 0.239 e. The summed E-state index contributed by atoms with van der Waals surface area (Å²) in [6.07, 6.45) is 0. The van der Waals surface area contributed by atoms with Gasteiger partial charge in [0, 0.05) is 12.6 Å². The zero-order valence-electron chi connectivity index (χ0n) is 10.2. The Kier molecular flexibility index (Phi) is 4.27. The van der Waals surface area contributed by atoms with Gasteiger partial charge in [0.15, 0.2) is 0 Å². The van der Waals surface area contributed by atoms with Crippen LogP contribution in [0, 0.1) is 5.82 Å². The molecule has 1 aromatic carbocycles. The largest absolute Gasteiger partial charge is 0.355 e. The molecule has 102 valence electrons. The number of amides is 1. The molecule has 1 heterocycles. The first kappa shape index (κ1) is 14.1. The van der Waals surface area contributed by atoms with Crippen LogP contribution in [-0.2, 0) is 17.2 Å². The van der Waals surface area contributed by atoms with Crippen molar-refractivity contribution < 1.29 is 9.18 Å². The van der Waals surface area contributed by atoms with E-state index in [0.717, 1.165) is 0 Å². The van der Waals surface area contributed by atoms with Crippen molar-refractivity contribution >= 4 is 40.1 Å². The molecule has 1 N–H and O–H groups in total. The highest BCUT2D eigenvalue weighted by molar-refractivity contribution is 6.31. The van der Waals surface area contributed by atoms with Gasteiger partial charge in [0.05, 0.1) is 21.9 Å². The number of halogens is 3. The van der Waals surface area contributed by atoms with Gasteiger partial charge in [0.1, 0.15) is 18.2 Å². The smallest absolute Gasteiger partial charge is 0.239 e. The van der Waals surface area contributed by atoms with Crippen LogP contribution in [0.4, 0.5) is 4.39 Å². The van der Waals surface area contributed by atoms with Crippen molar-refractivity contribution in [2.45, 2.75) is 19.3 Å². The van der Waals surface area contributed by atoms with Gasteiger partial charge in [-0.3, -0.25) is 4.79 Å². The predicted octanol–water partition coefficient (Wildman–Crippen LogP) is 2.70. The Hall–Kier alpha value is -1.33. The molecule has 0 unspecified atom stereocenters. The Morgan fingerprint density at radius 1 is 1.53 bits per heavy atom. The van der Waals surface area contributed by atoms with E-state index < -0.39 is 5.82 Å². The van der Waals surface area contributed by atoms with Crippen molar-refractivity contribution in [3.05, 3.63) is 28.8 Å². The molecule has 0 radical (unpaired) electrons. The lowest BCUT2D eigenvalue weighted by Crippen LogP contribution is -2.27. The topological polar surface area (TPSA) is 46.9 Å².